The van der Waals surface area contributed by atoms with E-state index in [2.05, 4.69) is 9.59 Å². The molecule has 0 saturated carbocycles. The van der Waals surface area contributed by atoms with E-state index in [4.69, 9.17) is 1.37 Å². The molecule has 0 unspecified atom stereocenters. The molecule has 2 nitrogen and oxygen atoms in total. The summed E-state index contributed by atoms with van der Waals surface area (Å²) in [6.07, 6.45) is 0.250. The molecule has 3 heteroatoms. The summed E-state index contributed by atoms with van der Waals surface area (Å²) in [5, 5.41) is 4.92. The average molecular weight is 87.1 g/mol. The quantitative estimate of drug-likeness (QED) is 0.461. The maximum atomic E-state index is 6.71. The minimum atomic E-state index is 0.250. The third-order valence-corrected chi connectivity index (χ3v) is 0.638. The Morgan fingerprint density at radius 2 is 3.00 bits per heavy atom. The number of hydrogen-bond donors (Lipinski definition) is 0. The van der Waals surface area contributed by atoms with Gasteiger partial charge in [-0.05, 0) is 11.5 Å². The summed E-state index contributed by atoms with van der Waals surface area (Å²) in [6, 6.07) is 0. The van der Waals surface area contributed by atoms with Gasteiger partial charge in [-0.1, -0.05) is 4.49 Å². The van der Waals surface area contributed by atoms with Crippen molar-refractivity contribution < 1.29 is 1.37 Å². The molecule has 0 spiro atoms. The Bertz CT molecular complexity index is 115. The zero-order chi connectivity index (χ0) is 4.41. The molecule has 1 aromatic heterocycles. The maximum absolute atomic E-state index is 6.71. The molecule has 0 aliphatic heterocycles. The molecule has 0 aliphatic carbocycles. The van der Waals surface area contributed by atoms with Crippen LogP contribution in [0.3, 0.4) is 0 Å². The van der Waals surface area contributed by atoms with Crippen molar-refractivity contribution in [3.63, 3.8) is 0 Å². The molecule has 1 heterocycles. The lowest BCUT2D eigenvalue weighted by Gasteiger charge is -1.40. The first-order chi connectivity index (χ1) is 2.89. The molecule has 0 amide bonds. The molecular weight excluding hydrogens is 84.1 g/mol. The fourth-order valence-electron chi connectivity index (χ4n) is 0.118. The second kappa shape index (κ2) is 1.12. The van der Waals surface area contributed by atoms with E-state index < -0.39 is 0 Å². The van der Waals surface area contributed by atoms with Gasteiger partial charge in [0.15, 0.2) is 0 Å². The van der Waals surface area contributed by atoms with E-state index in [9.17, 15) is 0 Å². The van der Waals surface area contributed by atoms with Crippen LogP contribution in [0, 0.1) is 0 Å². The van der Waals surface area contributed by atoms with E-state index in [0.717, 1.165) is 0 Å². The molecule has 0 aromatic carbocycles. The van der Waals surface area contributed by atoms with Gasteiger partial charge in [0.2, 0.25) is 0 Å². The lowest BCUT2D eigenvalue weighted by molar-refractivity contribution is 1.16. The predicted octanol–water partition coefficient (Wildman–Crippen LogP) is 0.538. The molecule has 1 aromatic rings. The van der Waals surface area contributed by atoms with Gasteiger partial charge in [-0.2, -0.15) is 0 Å². The minimum absolute atomic E-state index is 0.250. The van der Waals surface area contributed by atoms with E-state index in [-0.39, 0.29) is 6.17 Å². The van der Waals surface area contributed by atoms with Gasteiger partial charge in [0.05, 0.1) is 7.54 Å². The maximum Gasteiger partial charge on any atom is 0.0870 e. The summed E-state index contributed by atoms with van der Waals surface area (Å²) in [5.74, 6) is 0. The van der Waals surface area contributed by atoms with Gasteiger partial charge in [-0.15, -0.1) is 5.10 Å². The Balaban J connectivity index is 3.05. The lowest BCUT2D eigenvalue weighted by Crippen LogP contribution is -1.51. The Hall–Kier alpha value is -0.440. The highest BCUT2D eigenvalue weighted by molar-refractivity contribution is 7.03. The van der Waals surface area contributed by atoms with Crippen LogP contribution < -0.4 is 0 Å². The largest absolute Gasteiger partial charge is 0.147 e. The second-order valence-electron chi connectivity index (χ2n) is 0.534. The Morgan fingerprint density at radius 1 is 2.00 bits per heavy atom. The lowest BCUT2D eigenvalue weighted by atomic mass is 11.1. The summed E-state index contributed by atoms with van der Waals surface area (Å²) in [6.45, 7) is 0. The van der Waals surface area contributed by atoms with Crippen molar-refractivity contribution in [2.75, 3.05) is 0 Å². The normalized spacial score (nSPS) is 10.8. The first-order valence-electron chi connectivity index (χ1n) is 1.63. The molecular formula is C2H2N2S. The van der Waals surface area contributed by atoms with Gasteiger partial charge in [0.1, 0.15) is 0 Å². The molecule has 0 saturated heterocycles. The first-order valence-corrected chi connectivity index (χ1v) is 1.97. The van der Waals surface area contributed by atoms with Crippen molar-refractivity contribution in [1.29, 1.82) is 0 Å². The first kappa shape index (κ1) is 1.87. The predicted molar refractivity (Wildman–Crippen MR) is 19.9 cm³/mol. The molecule has 0 radical (unpaired) electrons. The van der Waals surface area contributed by atoms with Gasteiger partial charge < -0.3 is 0 Å². The van der Waals surface area contributed by atoms with E-state index in [1.54, 1.807) is 5.38 Å². The Kier molecular flexibility index (Phi) is 0.420. The fourth-order valence-corrected chi connectivity index (χ4v) is 0.354. The van der Waals surface area contributed by atoms with Crippen molar-refractivity contribution in [3.8, 4) is 0 Å². The summed E-state index contributed by atoms with van der Waals surface area (Å²) in [5.41, 5.74) is 0. The van der Waals surface area contributed by atoms with Crippen LogP contribution in [0.2, 0.25) is 0 Å². The number of nitrogens with zero attached hydrogens (tertiary/aromatic N) is 2. The summed E-state index contributed by atoms with van der Waals surface area (Å²) in [7, 11) is 0. The van der Waals surface area contributed by atoms with Crippen LogP contribution in [-0.2, 0) is 0 Å². The Labute approximate surface area is 35.0 Å². The molecule has 0 aliphatic rings. The third-order valence-electron chi connectivity index (χ3n) is 0.251. The molecule has 0 bridgehead atoms. The monoisotopic (exact) mass is 87.0 g/mol. The van der Waals surface area contributed by atoms with Crippen molar-refractivity contribution >= 4 is 11.5 Å². The molecule has 0 N–H and O–H groups in total. The standard InChI is InChI=1S/C2H2N2S/c1-2-5-4-3-1/h1-2H/i1D. The van der Waals surface area contributed by atoms with Crippen molar-refractivity contribution in [1.82, 2.24) is 9.59 Å². The Morgan fingerprint density at radius 3 is 3.20 bits per heavy atom. The van der Waals surface area contributed by atoms with Gasteiger partial charge in [0.25, 0.3) is 0 Å². The van der Waals surface area contributed by atoms with Crippen molar-refractivity contribution in [3.05, 3.63) is 11.6 Å². The van der Waals surface area contributed by atoms with Crippen LogP contribution in [0.15, 0.2) is 11.6 Å². The second-order valence-corrected chi connectivity index (χ2v) is 1.14. The summed E-state index contributed by atoms with van der Waals surface area (Å²) >= 11 is 1.19. The smallest absolute Gasteiger partial charge is 0.0870 e. The molecule has 5 heavy (non-hydrogen) atoms. The topological polar surface area (TPSA) is 25.8 Å². The van der Waals surface area contributed by atoms with E-state index >= 15 is 0 Å². The zero-order valence-corrected chi connectivity index (χ0v) is 3.20. The number of rotatable bonds is 0. The molecule has 0 atom stereocenters. The van der Waals surface area contributed by atoms with Gasteiger partial charge in [0, 0.05) is 5.38 Å². The highest BCUT2D eigenvalue weighted by Crippen LogP contribution is 1.78. The van der Waals surface area contributed by atoms with E-state index in [1.165, 1.54) is 11.5 Å². The van der Waals surface area contributed by atoms with Crippen LogP contribution in [0.4, 0.5) is 0 Å². The molecule has 26 valence electrons. The van der Waals surface area contributed by atoms with Crippen LogP contribution >= 0.6 is 11.5 Å². The van der Waals surface area contributed by atoms with Crippen molar-refractivity contribution in [2.24, 2.45) is 0 Å². The van der Waals surface area contributed by atoms with Crippen molar-refractivity contribution in [2.45, 2.75) is 0 Å². The van der Waals surface area contributed by atoms with Gasteiger partial charge in [-0.3, -0.25) is 0 Å². The van der Waals surface area contributed by atoms with Crippen LogP contribution in [0.5, 0.6) is 0 Å². The number of hydrogen-bond acceptors (Lipinski definition) is 3. The zero-order valence-electron chi connectivity index (χ0n) is 3.38. The minimum Gasteiger partial charge on any atom is -0.147 e. The fraction of sp³-hybridized carbons (Fsp3) is 0. The average Bonchev–Trinajstić information content (AvgIpc) is 1.86. The van der Waals surface area contributed by atoms with E-state index in [0.29, 0.717) is 0 Å². The third kappa shape index (κ3) is 0.417. The highest BCUT2D eigenvalue weighted by atomic mass is 32.1. The van der Waals surface area contributed by atoms with Gasteiger partial charge >= 0.3 is 0 Å². The molecule has 0 fully saturated rings. The van der Waals surface area contributed by atoms with Crippen LogP contribution in [-0.4, -0.2) is 9.59 Å². The SMILES string of the molecule is [2H]c1csnn1. The number of aromatic nitrogens is 2. The molecule has 1 rings (SSSR count). The summed E-state index contributed by atoms with van der Waals surface area (Å²) in [4.78, 5) is 0. The highest BCUT2D eigenvalue weighted by Gasteiger charge is 1.61. The van der Waals surface area contributed by atoms with Crippen LogP contribution in [0.25, 0.3) is 0 Å². The summed E-state index contributed by atoms with van der Waals surface area (Å²) < 4.78 is 10.1. The van der Waals surface area contributed by atoms with Crippen LogP contribution in [0.1, 0.15) is 1.37 Å². The van der Waals surface area contributed by atoms with Gasteiger partial charge in [-0.25, -0.2) is 0 Å². The van der Waals surface area contributed by atoms with E-state index in [1.807, 2.05) is 0 Å².